The molecular formula is C29H35N3O16. The third-order valence-electron chi connectivity index (χ3n) is 6.75. The third kappa shape index (κ3) is 10.3. The van der Waals surface area contributed by atoms with E-state index in [1.165, 1.54) is 12.1 Å². The van der Waals surface area contributed by atoms with Crippen LogP contribution in [0.4, 0.5) is 0 Å². The lowest BCUT2D eigenvalue weighted by Gasteiger charge is -2.48. The van der Waals surface area contributed by atoms with Crippen molar-refractivity contribution in [3.8, 4) is 0 Å². The van der Waals surface area contributed by atoms with Gasteiger partial charge in [-0.25, -0.2) is 4.79 Å². The van der Waals surface area contributed by atoms with Gasteiger partial charge in [0.2, 0.25) is 0 Å². The van der Waals surface area contributed by atoms with E-state index in [2.05, 4.69) is 10.0 Å². The van der Waals surface area contributed by atoms with Crippen molar-refractivity contribution in [3.05, 3.63) is 46.3 Å². The molecule has 0 aromatic heterocycles. The van der Waals surface area contributed by atoms with Gasteiger partial charge in [-0.2, -0.15) is 0 Å². The minimum absolute atomic E-state index is 0.176. The van der Waals surface area contributed by atoms with Gasteiger partial charge in [0.1, 0.15) is 37.6 Å². The highest BCUT2D eigenvalue weighted by Crippen LogP contribution is 2.35. The van der Waals surface area contributed by atoms with Crippen LogP contribution in [-0.2, 0) is 66.6 Å². The Morgan fingerprint density at radius 3 is 1.75 bits per heavy atom. The molecule has 0 spiro atoms. The van der Waals surface area contributed by atoms with Crippen molar-refractivity contribution in [2.24, 2.45) is 5.11 Å². The van der Waals surface area contributed by atoms with Crippen molar-refractivity contribution in [1.29, 1.82) is 0 Å². The molecule has 0 bridgehead atoms. The fourth-order valence-corrected chi connectivity index (χ4v) is 4.98. The van der Waals surface area contributed by atoms with Gasteiger partial charge in [0.05, 0.1) is 5.56 Å². The second-order valence-electron chi connectivity index (χ2n) is 10.5. The molecule has 10 atom stereocenters. The minimum atomic E-state index is -1.94. The Kier molecular flexibility index (Phi) is 13.6. The first kappa shape index (κ1) is 37.6. The highest BCUT2D eigenvalue weighted by Gasteiger charge is 2.56. The predicted molar refractivity (Wildman–Crippen MR) is 153 cm³/mol. The maximum absolute atomic E-state index is 12.7. The van der Waals surface area contributed by atoms with Crippen LogP contribution in [0.3, 0.4) is 0 Å². The van der Waals surface area contributed by atoms with Crippen LogP contribution in [0.15, 0.2) is 35.4 Å². The molecule has 2 fully saturated rings. The predicted octanol–water partition coefficient (Wildman–Crippen LogP) is 0.640. The van der Waals surface area contributed by atoms with Crippen LogP contribution in [0.1, 0.15) is 45.0 Å². The molecule has 1 N–H and O–H groups in total. The summed E-state index contributed by atoms with van der Waals surface area (Å²) in [6.45, 7) is 4.00. The number of nitrogens with zero attached hydrogens (tertiary/aromatic N) is 3. The number of carbonyl (C=O) groups is 6. The van der Waals surface area contributed by atoms with Crippen molar-refractivity contribution in [3.63, 3.8) is 0 Å². The number of rotatable bonds is 12. The molecule has 0 aliphatic carbocycles. The minimum Gasteiger partial charge on any atom is -0.463 e. The molecule has 2 aliphatic rings. The van der Waals surface area contributed by atoms with Crippen molar-refractivity contribution >= 4 is 35.8 Å². The Labute approximate surface area is 273 Å². The topological polar surface area (TPSA) is 254 Å². The maximum Gasteiger partial charge on any atom is 0.338 e. The quantitative estimate of drug-likeness (QED) is 0.104. The summed E-state index contributed by atoms with van der Waals surface area (Å²) < 4.78 is 49.6. The Morgan fingerprint density at radius 1 is 0.708 bits per heavy atom. The van der Waals surface area contributed by atoms with E-state index in [0.29, 0.717) is 0 Å². The molecule has 48 heavy (non-hydrogen) atoms. The molecule has 262 valence electrons. The first-order valence-corrected chi connectivity index (χ1v) is 14.4. The number of aliphatic hydroxyl groups is 1. The molecule has 0 radical (unpaired) electrons. The molecule has 2 aliphatic heterocycles. The zero-order valence-corrected chi connectivity index (χ0v) is 26.5. The van der Waals surface area contributed by atoms with Crippen LogP contribution in [-0.4, -0.2) is 115 Å². The fraction of sp³-hybridized carbons (Fsp3) is 0.586. The largest absolute Gasteiger partial charge is 0.463 e. The van der Waals surface area contributed by atoms with E-state index in [0.717, 1.165) is 34.6 Å². The molecule has 1 aromatic carbocycles. The van der Waals surface area contributed by atoms with Crippen LogP contribution in [0.25, 0.3) is 10.4 Å². The molecule has 3 rings (SSSR count). The van der Waals surface area contributed by atoms with Gasteiger partial charge < -0.3 is 47.7 Å². The SMILES string of the molecule is CC(=O)OC[C@H]1O[C@@H](O[C@H]2[C@@H](OC(C)=O)[C@@H](COC(=O)c3ccccc3)OC(O)[C@@H]2N=[N+]=[N-])[C@H](OC(C)=O)[C@@H](OC(C)=O)[C@H]1OC(C)=O. The van der Waals surface area contributed by atoms with Crippen molar-refractivity contribution in [2.75, 3.05) is 13.2 Å². The Hall–Kier alpha value is -4.81. The van der Waals surface area contributed by atoms with Crippen LogP contribution >= 0.6 is 0 Å². The number of carbonyl (C=O) groups excluding carboxylic acids is 6. The normalized spacial score (nSPS) is 29.6. The average Bonchev–Trinajstić information content (AvgIpc) is 3.00. The van der Waals surface area contributed by atoms with Crippen molar-refractivity contribution < 1.29 is 76.5 Å². The van der Waals surface area contributed by atoms with Gasteiger partial charge in [0.25, 0.3) is 0 Å². The second kappa shape index (κ2) is 17.4. The maximum atomic E-state index is 12.7. The van der Waals surface area contributed by atoms with E-state index in [9.17, 15) is 39.4 Å². The summed E-state index contributed by atoms with van der Waals surface area (Å²) in [6.07, 6.45) is -14.8. The Morgan fingerprint density at radius 2 is 1.21 bits per heavy atom. The lowest BCUT2D eigenvalue weighted by atomic mass is 9.95. The summed E-state index contributed by atoms with van der Waals surface area (Å²) in [5.41, 5.74) is 9.47. The van der Waals surface area contributed by atoms with Gasteiger partial charge in [-0.05, 0) is 17.7 Å². The Balaban J connectivity index is 2.06. The average molecular weight is 682 g/mol. The smallest absolute Gasteiger partial charge is 0.338 e. The van der Waals surface area contributed by atoms with Crippen LogP contribution in [0, 0.1) is 0 Å². The molecule has 2 heterocycles. The number of azide groups is 1. The number of hydrogen-bond acceptors (Lipinski definition) is 17. The molecule has 2 saturated heterocycles. The third-order valence-corrected chi connectivity index (χ3v) is 6.75. The second-order valence-corrected chi connectivity index (χ2v) is 10.5. The molecule has 0 saturated carbocycles. The van der Waals surface area contributed by atoms with Gasteiger partial charge in [-0.3, -0.25) is 24.0 Å². The Bertz CT molecular complexity index is 1390. The van der Waals surface area contributed by atoms with Gasteiger partial charge in [-0.1, -0.05) is 23.3 Å². The molecule has 1 unspecified atom stereocenters. The number of aliphatic hydroxyl groups excluding tert-OH is 1. The molecule has 19 nitrogen and oxygen atoms in total. The number of hydrogen-bond donors (Lipinski definition) is 1. The van der Waals surface area contributed by atoms with E-state index in [1.807, 2.05) is 0 Å². The van der Waals surface area contributed by atoms with E-state index in [4.69, 9.17) is 42.6 Å². The monoisotopic (exact) mass is 681 g/mol. The molecule has 1 aromatic rings. The van der Waals surface area contributed by atoms with E-state index in [1.54, 1.807) is 18.2 Å². The summed E-state index contributed by atoms with van der Waals surface area (Å²) in [4.78, 5) is 75.8. The van der Waals surface area contributed by atoms with E-state index in [-0.39, 0.29) is 5.56 Å². The molecule has 19 heteroatoms. The number of ether oxygens (including phenoxy) is 9. The number of esters is 6. The highest BCUT2D eigenvalue weighted by molar-refractivity contribution is 5.89. The van der Waals surface area contributed by atoms with Crippen molar-refractivity contribution in [2.45, 2.75) is 96.0 Å². The summed E-state index contributed by atoms with van der Waals surface area (Å²) in [6, 6.07) is 6.17. The zero-order valence-electron chi connectivity index (χ0n) is 26.5. The van der Waals surface area contributed by atoms with Crippen LogP contribution < -0.4 is 0 Å². The lowest BCUT2D eigenvalue weighted by molar-refractivity contribution is -0.342. The highest BCUT2D eigenvalue weighted by atomic mass is 16.8. The summed E-state index contributed by atoms with van der Waals surface area (Å²) in [5.74, 6) is -5.16. The molecule has 0 amide bonds. The fourth-order valence-electron chi connectivity index (χ4n) is 4.98. The van der Waals surface area contributed by atoms with Crippen LogP contribution in [0.5, 0.6) is 0 Å². The number of benzene rings is 1. The first-order chi connectivity index (χ1) is 22.7. The van der Waals surface area contributed by atoms with Gasteiger partial charge >= 0.3 is 35.8 Å². The van der Waals surface area contributed by atoms with Gasteiger partial charge in [0, 0.05) is 39.5 Å². The van der Waals surface area contributed by atoms with Gasteiger partial charge in [-0.15, -0.1) is 0 Å². The summed E-state index contributed by atoms with van der Waals surface area (Å²) in [7, 11) is 0. The van der Waals surface area contributed by atoms with E-state index >= 15 is 0 Å². The standard InChI is InChI=1S/C29H35N3O16/c1-13(33)40-11-20-23(43-15(3)35)25(44-16(4)36)26(45-17(5)37)29(47-20)48-24-21(31-32-30)28(39)46-19(22(24)42-14(2)34)12-41-27(38)18-9-7-6-8-10-18/h6-10,19-26,28-29,39H,11-12H2,1-5H3/t19-,20-,21-,22+,23+,24-,25+,26-,28?,29+/m1/s1. The van der Waals surface area contributed by atoms with Crippen LogP contribution in [0.2, 0.25) is 0 Å². The summed E-state index contributed by atoms with van der Waals surface area (Å²) in [5, 5.41) is 14.4. The first-order valence-electron chi connectivity index (χ1n) is 14.4. The van der Waals surface area contributed by atoms with Gasteiger partial charge in [0.15, 0.2) is 37.0 Å². The van der Waals surface area contributed by atoms with E-state index < -0.39 is 110 Å². The summed E-state index contributed by atoms with van der Waals surface area (Å²) >= 11 is 0. The molecular weight excluding hydrogens is 646 g/mol. The lowest BCUT2D eigenvalue weighted by Crippen LogP contribution is -2.66. The van der Waals surface area contributed by atoms with Crippen molar-refractivity contribution in [1.82, 2.24) is 0 Å². The zero-order chi connectivity index (χ0) is 35.5.